The highest BCUT2D eigenvalue weighted by Crippen LogP contribution is 2.03. The van der Waals surface area contributed by atoms with Crippen LogP contribution >= 0.6 is 0 Å². The summed E-state index contributed by atoms with van der Waals surface area (Å²) in [5.74, 6) is 0. The van der Waals surface area contributed by atoms with Crippen molar-refractivity contribution in [3.8, 4) is 0 Å². The number of nitrogen functional groups attached to an aromatic ring is 1. The van der Waals surface area contributed by atoms with Gasteiger partial charge in [0.25, 0.3) is 0 Å². The Kier molecular flexibility index (Phi) is 7.71. The lowest BCUT2D eigenvalue weighted by atomic mass is 10.2. The number of nitrogens with two attached hydrogens (primary N) is 2. The molecular weight excluding hydrogens is 264 g/mol. The predicted octanol–water partition coefficient (Wildman–Crippen LogP) is 1.77. The summed E-state index contributed by atoms with van der Waals surface area (Å²) in [4.78, 5) is 2.43. The van der Waals surface area contributed by atoms with Crippen molar-refractivity contribution in [2.45, 2.75) is 39.7 Å². The molecule has 0 saturated carbocycles. The fourth-order valence-electron chi connectivity index (χ4n) is 2.02. The topological polar surface area (TPSA) is 85.5 Å². The Morgan fingerprint density at radius 3 is 2.62 bits per heavy atom. The highest BCUT2D eigenvalue weighted by molar-refractivity contribution is 5.45. The van der Waals surface area contributed by atoms with E-state index in [2.05, 4.69) is 35.9 Å². The number of pyridine rings is 1. The molecule has 0 aromatic carbocycles. The normalized spacial score (nSPS) is 12.2. The molecule has 0 aliphatic carbocycles. The zero-order chi connectivity index (χ0) is 15.7. The lowest BCUT2D eigenvalue weighted by molar-refractivity contribution is 0.294. The quantitative estimate of drug-likeness (QED) is 0.847. The van der Waals surface area contributed by atoms with Gasteiger partial charge in [-0.1, -0.05) is 13.8 Å². The first-order chi connectivity index (χ1) is 10.1. The van der Waals surface area contributed by atoms with E-state index < -0.39 is 0 Å². The summed E-state index contributed by atoms with van der Waals surface area (Å²) in [6.45, 7) is 10.0. The van der Waals surface area contributed by atoms with Gasteiger partial charge < -0.3 is 16.4 Å². The predicted molar refractivity (Wildman–Crippen MR) is 88.1 cm³/mol. The Hall–Kier alpha value is -1.66. The zero-order valence-corrected chi connectivity index (χ0v) is 13.4. The van der Waals surface area contributed by atoms with E-state index >= 15 is 0 Å². The van der Waals surface area contributed by atoms with Crippen LogP contribution in [-0.2, 0) is 0 Å². The minimum atomic E-state index is 0.366. The molecule has 4 N–H and O–H groups in total. The van der Waals surface area contributed by atoms with Crippen molar-refractivity contribution in [1.29, 1.82) is 0 Å². The highest BCUT2D eigenvalue weighted by Gasteiger charge is 1.99. The third kappa shape index (κ3) is 6.55. The molecule has 0 amide bonds. The molecule has 0 radical (unpaired) electrons. The zero-order valence-electron chi connectivity index (χ0n) is 13.4. The second kappa shape index (κ2) is 9.31. The lowest BCUT2D eigenvalue weighted by Gasteiger charge is -2.17. The van der Waals surface area contributed by atoms with E-state index in [9.17, 15) is 0 Å². The van der Waals surface area contributed by atoms with E-state index in [0.29, 0.717) is 11.7 Å². The third-order valence-electron chi connectivity index (χ3n) is 3.34. The number of anilines is 1. The molecule has 0 saturated heterocycles. The van der Waals surface area contributed by atoms with E-state index in [-0.39, 0.29) is 0 Å². The number of rotatable bonds is 6. The van der Waals surface area contributed by atoms with Crippen LogP contribution in [-0.4, -0.2) is 45.2 Å². The second-order valence-electron chi connectivity index (χ2n) is 5.21. The Labute approximate surface area is 127 Å². The van der Waals surface area contributed by atoms with E-state index in [0.717, 1.165) is 25.2 Å². The molecule has 1 unspecified atom stereocenters. The third-order valence-corrected chi connectivity index (χ3v) is 3.34. The van der Waals surface area contributed by atoms with Crippen molar-refractivity contribution >= 4 is 11.3 Å². The molecule has 6 heteroatoms. The van der Waals surface area contributed by atoms with Crippen LogP contribution in [0.3, 0.4) is 0 Å². The summed E-state index contributed by atoms with van der Waals surface area (Å²) in [6, 6.07) is 3.98. The highest BCUT2D eigenvalue weighted by atomic mass is 15.2. The fraction of sp³-hybridized carbons (Fsp3) is 0.600. The van der Waals surface area contributed by atoms with E-state index in [1.165, 1.54) is 13.0 Å². The number of hydrogen-bond acceptors (Lipinski definition) is 5. The van der Waals surface area contributed by atoms with Crippen LogP contribution in [0.1, 0.15) is 33.6 Å². The standard InChI is InChI=1S/C9H22N2.C6H6N4/c1-4-11(5-2)8-6-7-9(3)10;7-5-1-2-6-9-8-4-10(6)3-5/h9H,4-8,10H2,1-3H3;1-4H,7H2. The Bertz CT molecular complexity index is 504. The molecule has 21 heavy (non-hydrogen) atoms. The molecule has 0 aliphatic rings. The summed E-state index contributed by atoms with van der Waals surface area (Å²) in [5, 5.41) is 7.52. The molecule has 2 aromatic heterocycles. The molecule has 118 valence electrons. The van der Waals surface area contributed by atoms with Crippen molar-refractivity contribution in [2.75, 3.05) is 25.4 Å². The monoisotopic (exact) mass is 292 g/mol. The Morgan fingerprint density at radius 1 is 1.29 bits per heavy atom. The second-order valence-corrected chi connectivity index (χ2v) is 5.21. The minimum Gasteiger partial charge on any atom is -0.398 e. The molecule has 0 spiro atoms. The van der Waals surface area contributed by atoms with Crippen molar-refractivity contribution in [1.82, 2.24) is 19.5 Å². The number of nitrogens with zero attached hydrogens (tertiary/aromatic N) is 4. The number of fused-ring (bicyclic) bond motifs is 1. The summed E-state index contributed by atoms with van der Waals surface area (Å²) in [6.07, 6.45) is 5.77. The van der Waals surface area contributed by atoms with Crippen molar-refractivity contribution in [3.05, 3.63) is 24.7 Å². The van der Waals surface area contributed by atoms with Crippen LogP contribution in [0.5, 0.6) is 0 Å². The van der Waals surface area contributed by atoms with Gasteiger partial charge in [-0.3, -0.25) is 4.40 Å². The van der Waals surface area contributed by atoms with Gasteiger partial charge in [0.2, 0.25) is 0 Å². The molecule has 2 rings (SSSR count). The van der Waals surface area contributed by atoms with Gasteiger partial charge in [-0.15, -0.1) is 10.2 Å². The average molecular weight is 292 g/mol. The maximum atomic E-state index is 5.64. The van der Waals surface area contributed by atoms with E-state index in [1.54, 1.807) is 23.0 Å². The first-order valence-electron chi connectivity index (χ1n) is 7.59. The maximum absolute atomic E-state index is 5.64. The van der Waals surface area contributed by atoms with Gasteiger partial charge in [0, 0.05) is 17.9 Å². The molecule has 6 nitrogen and oxygen atoms in total. The average Bonchev–Trinajstić information content (AvgIpc) is 2.91. The molecule has 0 aliphatic heterocycles. The van der Waals surface area contributed by atoms with Crippen LogP contribution in [0.15, 0.2) is 24.7 Å². The minimum absolute atomic E-state index is 0.366. The van der Waals surface area contributed by atoms with Gasteiger partial charge in [0.05, 0.1) is 0 Å². The van der Waals surface area contributed by atoms with Crippen LogP contribution < -0.4 is 11.5 Å². The smallest absolute Gasteiger partial charge is 0.160 e. The molecular formula is C15H28N6. The first-order valence-corrected chi connectivity index (χ1v) is 7.59. The fourth-order valence-corrected chi connectivity index (χ4v) is 2.02. The Balaban J connectivity index is 0.000000210. The van der Waals surface area contributed by atoms with Gasteiger partial charge in [-0.2, -0.15) is 0 Å². The van der Waals surface area contributed by atoms with Gasteiger partial charge in [-0.05, 0) is 51.5 Å². The van der Waals surface area contributed by atoms with Crippen LogP contribution in [0.4, 0.5) is 5.69 Å². The largest absolute Gasteiger partial charge is 0.398 e. The molecule has 1 atom stereocenters. The maximum Gasteiger partial charge on any atom is 0.160 e. The van der Waals surface area contributed by atoms with Crippen molar-refractivity contribution < 1.29 is 0 Å². The summed E-state index contributed by atoms with van der Waals surface area (Å²) < 4.78 is 1.77. The van der Waals surface area contributed by atoms with Gasteiger partial charge in [0.15, 0.2) is 5.65 Å². The van der Waals surface area contributed by atoms with E-state index in [1.807, 2.05) is 6.07 Å². The van der Waals surface area contributed by atoms with Crippen molar-refractivity contribution in [2.24, 2.45) is 5.73 Å². The van der Waals surface area contributed by atoms with Gasteiger partial charge >= 0.3 is 0 Å². The van der Waals surface area contributed by atoms with Crippen molar-refractivity contribution in [3.63, 3.8) is 0 Å². The van der Waals surface area contributed by atoms with Gasteiger partial charge in [0.1, 0.15) is 6.33 Å². The molecule has 2 aromatic rings. The molecule has 2 heterocycles. The Morgan fingerprint density at radius 2 is 2.00 bits per heavy atom. The summed E-state index contributed by atoms with van der Waals surface area (Å²) >= 11 is 0. The SMILES string of the molecule is CCN(CC)CCCC(C)N.Nc1ccc2nncn2c1. The van der Waals surface area contributed by atoms with Crippen LogP contribution in [0.2, 0.25) is 0 Å². The molecule has 0 bridgehead atoms. The summed E-state index contributed by atoms with van der Waals surface area (Å²) in [5.41, 5.74) is 12.7. The molecule has 0 fully saturated rings. The van der Waals surface area contributed by atoms with Gasteiger partial charge in [-0.25, -0.2) is 0 Å². The van der Waals surface area contributed by atoms with E-state index in [4.69, 9.17) is 11.5 Å². The summed E-state index contributed by atoms with van der Waals surface area (Å²) in [7, 11) is 0. The first kappa shape index (κ1) is 17.4. The number of hydrogen-bond donors (Lipinski definition) is 2. The number of aromatic nitrogens is 3. The lowest BCUT2D eigenvalue weighted by Crippen LogP contribution is -2.25. The van der Waals surface area contributed by atoms with Crippen LogP contribution in [0.25, 0.3) is 5.65 Å². The van der Waals surface area contributed by atoms with Crippen LogP contribution in [0, 0.1) is 0 Å².